The fourth-order valence-electron chi connectivity index (χ4n) is 3.15. The lowest BCUT2D eigenvalue weighted by atomic mass is 9.97. The van der Waals surface area contributed by atoms with Crippen molar-refractivity contribution in [3.8, 4) is 0 Å². The number of anilines is 2. The summed E-state index contributed by atoms with van der Waals surface area (Å²) in [6, 6.07) is 0. The van der Waals surface area contributed by atoms with Gasteiger partial charge in [0.1, 0.15) is 17.5 Å². The van der Waals surface area contributed by atoms with Crippen molar-refractivity contribution in [3.63, 3.8) is 0 Å². The molecule has 0 saturated carbocycles. The van der Waals surface area contributed by atoms with Gasteiger partial charge < -0.3 is 14.7 Å². The number of thiazole rings is 1. The molecule has 0 radical (unpaired) electrons. The third-order valence-electron chi connectivity index (χ3n) is 4.36. The number of carbonyl (C=O) groups excluding carboxylic acids is 1. The zero-order valence-electron chi connectivity index (χ0n) is 14.0. The maximum Gasteiger partial charge on any atom is 0.263 e. The van der Waals surface area contributed by atoms with Gasteiger partial charge in [-0.15, -0.1) is 11.3 Å². The molecule has 1 aliphatic heterocycles. The Labute approximate surface area is 148 Å². The molecule has 3 aromatic rings. The summed E-state index contributed by atoms with van der Waals surface area (Å²) in [6.45, 7) is 5.23. The lowest BCUT2D eigenvalue weighted by Gasteiger charge is -2.32. The second-order valence-electron chi connectivity index (χ2n) is 6.21. The quantitative estimate of drug-likeness (QED) is 0.768. The Morgan fingerprint density at radius 2 is 2.28 bits per heavy atom. The van der Waals surface area contributed by atoms with Crippen LogP contribution in [0.5, 0.6) is 0 Å². The molecule has 0 bridgehead atoms. The van der Waals surface area contributed by atoms with Crippen molar-refractivity contribution in [1.82, 2.24) is 20.1 Å². The van der Waals surface area contributed by atoms with Gasteiger partial charge in [-0.25, -0.2) is 9.97 Å². The first-order valence-corrected chi connectivity index (χ1v) is 9.04. The second kappa shape index (κ2) is 6.40. The van der Waals surface area contributed by atoms with Crippen molar-refractivity contribution in [1.29, 1.82) is 0 Å². The number of hydrogen-bond acceptors (Lipinski definition) is 8. The second-order valence-corrected chi connectivity index (χ2v) is 7.07. The summed E-state index contributed by atoms with van der Waals surface area (Å²) in [5.74, 6) is 0.681. The number of carbonyl (C=O) groups is 1. The third-order valence-corrected chi connectivity index (χ3v) is 5.24. The standard InChI is InChI=1S/C16H18N6O2S/c1-9-7-25-16(19-9)20-14(23)11-4-3-5-22(6-11)13-12-10(2)21-24-15(12)18-8-17-13/h7-8,11H,3-6H2,1-2H3,(H,19,20,23). The number of amides is 1. The molecule has 1 saturated heterocycles. The van der Waals surface area contributed by atoms with Crippen molar-refractivity contribution in [3.05, 3.63) is 23.1 Å². The van der Waals surface area contributed by atoms with Gasteiger partial charge in [-0.3, -0.25) is 4.79 Å². The SMILES string of the molecule is Cc1csc(NC(=O)C2CCCN(c3ncnc4onc(C)c34)C2)n1. The van der Waals surface area contributed by atoms with E-state index in [-0.39, 0.29) is 11.8 Å². The number of nitrogens with zero attached hydrogens (tertiary/aromatic N) is 5. The van der Waals surface area contributed by atoms with Crippen LogP contribution in [0, 0.1) is 19.8 Å². The summed E-state index contributed by atoms with van der Waals surface area (Å²) in [7, 11) is 0. The zero-order valence-corrected chi connectivity index (χ0v) is 14.8. The van der Waals surface area contributed by atoms with Crippen LogP contribution in [0.4, 0.5) is 10.9 Å². The molecule has 130 valence electrons. The normalized spacial score (nSPS) is 17.8. The van der Waals surface area contributed by atoms with Crippen molar-refractivity contribution in [2.45, 2.75) is 26.7 Å². The van der Waals surface area contributed by atoms with Crippen LogP contribution in [-0.2, 0) is 4.79 Å². The predicted molar refractivity (Wildman–Crippen MR) is 94.8 cm³/mol. The molecule has 0 spiro atoms. The van der Waals surface area contributed by atoms with Gasteiger partial charge in [0.05, 0.1) is 17.3 Å². The van der Waals surface area contributed by atoms with E-state index in [9.17, 15) is 4.79 Å². The van der Waals surface area contributed by atoms with Crippen LogP contribution in [0.2, 0.25) is 0 Å². The van der Waals surface area contributed by atoms with Gasteiger partial charge in [0.25, 0.3) is 5.71 Å². The smallest absolute Gasteiger partial charge is 0.263 e. The molecule has 1 atom stereocenters. The molecule has 4 rings (SSSR count). The number of hydrogen-bond donors (Lipinski definition) is 1. The molecule has 0 aliphatic carbocycles. The van der Waals surface area contributed by atoms with Crippen molar-refractivity contribution in [2.24, 2.45) is 5.92 Å². The molecule has 4 heterocycles. The fourth-order valence-corrected chi connectivity index (χ4v) is 3.84. The Kier molecular flexibility index (Phi) is 4.08. The van der Waals surface area contributed by atoms with E-state index in [0.29, 0.717) is 17.4 Å². The van der Waals surface area contributed by atoms with Gasteiger partial charge in [-0.05, 0) is 26.7 Å². The summed E-state index contributed by atoms with van der Waals surface area (Å²) >= 11 is 1.45. The van der Waals surface area contributed by atoms with Crippen molar-refractivity contribution >= 4 is 39.3 Å². The van der Waals surface area contributed by atoms with E-state index in [2.05, 4.69) is 30.3 Å². The number of fused-ring (bicyclic) bond motifs is 1. The van der Waals surface area contributed by atoms with Gasteiger partial charge in [0.2, 0.25) is 5.91 Å². The van der Waals surface area contributed by atoms with Gasteiger partial charge in [0, 0.05) is 18.5 Å². The van der Waals surface area contributed by atoms with Crippen molar-refractivity contribution in [2.75, 3.05) is 23.3 Å². The molecule has 0 aromatic carbocycles. The van der Waals surface area contributed by atoms with Crippen LogP contribution < -0.4 is 10.2 Å². The average Bonchev–Trinajstić information content (AvgIpc) is 3.21. The van der Waals surface area contributed by atoms with Gasteiger partial charge in [-0.1, -0.05) is 5.16 Å². The molecule has 1 aliphatic rings. The summed E-state index contributed by atoms with van der Waals surface area (Å²) in [6.07, 6.45) is 3.25. The fraction of sp³-hybridized carbons (Fsp3) is 0.438. The predicted octanol–water partition coefficient (Wildman–Crippen LogP) is 2.55. The molecule has 9 heteroatoms. The maximum absolute atomic E-state index is 12.6. The number of aryl methyl sites for hydroxylation is 2. The first-order chi connectivity index (χ1) is 12.1. The average molecular weight is 358 g/mol. The molecule has 1 unspecified atom stereocenters. The summed E-state index contributed by atoms with van der Waals surface area (Å²) in [4.78, 5) is 27.6. The van der Waals surface area contributed by atoms with E-state index in [1.807, 2.05) is 19.2 Å². The lowest BCUT2D eigenvalue weighted by Crippen LogP contribution is -2.41. The van der Waals surface area contributed by atoms with Crippen LogP contribution in [-0.4, -0.2) is 39.1 Å². The Balaban J connectivity index is 1.54. The highest BCUT2D eigenvalue weighted by molar-refractivity contribution is 7.13. The number of nitrogens with one attached hydrogen (secondary N) is 1. The van der Waals surface area contributed by atoms with E-state index >= 15 is 0 Å². The van der Waals surface area contributed by atoms with Crippen LogP contribution in [0.15, 0.2) is 16.2 Å². The monoisotopic (exact) mass is 358 g/mol. The summed E-state index contributed by atoms with van der Waals surface area (Å²) in [5.41, 5.74) is 2.15. The van der Waals surface area contributed by atoms with Gasteiger partial charge >= 0.3 is 0 Å². The van der Waals surface area contributed by atoms with Crippen LogP contribution in [0.3, 0.4) is 0 Å². The van der Waals surface area contributed by atoms with E-state index < -0.39 is 0 Å². The van der Waals surface area contributed by atoms with Gasteiger partial charge in [-0.2, -0.15) is 4.98 Å². The molecule has 1 N–H and O–H groups in total. The Morgan fingerprint density at radius 3 is 3.08 bits per heavy atom. The van der Waals surface area contributed by atoms with E-state index in [0.717, 1.165) is 42.0 Å². The minimum atomic E-state index is -0.108. The molecule has 25 heavy (non-hydrogen) atoms. The number of rotatable bonds is 3. The van der Waals surface area contributed by atoms with E-state index in [1.165, 1.54) is 17.7 Å². The first-order valence-electron chi connectivity index (χ1n) is 8.16. The first kappa shape index (κ1) is 15.9. The van der Waals surface area contributed by atoms with Crippen LogP contribution in [0.1, 0.15) is 24.2 Å². The molecule has 8 nitrogen and oxygen atoms in total. The number of piperidine rings is 1. The molecule has 3 aromatic heterocycles. The number of aromatic nitrogens is 4. The lowest BCUT2D eigenvalue weighted by molar-refractivity contribution is -0.120. The summed E-state index contributed by atoms with van der Waals surface area (Å²) < 4.78 is 5.22. The van der Waals surface area contributed by atoms with Gasteiger partial charge in [0.15, 0.2) is 5.13 Å². The minimum absolute atomic E-state index is 0.00592. The van der Waals surface area contributed by atoms with Crippen LogP contribution in [0.25, 0.3) is 11.1 Å². The molecular formula is C16H18N6O2S. The highest BCUT2D eigenvalue weighted by atomic mass is 32.1. The van der Waals surface area contributed by atoms with Crippen molar-refractivity contribution < 1.29 is 9.32 Å². The maximum atomic E-state index is 12.6. The highest BCUT2D eigenvalue weighted by Crippen LogP contribution is 2.30. The Hall–Kier alpha value is -2.55. The molecular weight excluding hydrogens is 340 g/mol. The molecule has 1 fully saturated rings. The molecule has 1 amide bonds. The topological polar surface area (TPSA) is 97.0 Å². The Bertz CT molecular complexity index is 920. The van der Waals surface area contributed by atoms with E-state index in [4.69, 9.17) is 4.52 Å². The largest absolute Gasteiger partial charge is 0.355 e. The summed E-state index contributed by atoms with van der Waals surface area (Å²) in [5, 5.41) is 10.3. The zero-order chi connectivity index (χ0) is 17.4. The van der Waals surface area contributed by atoms with E-state index in [1.54, 1.807) is 0 Å². The van der Waals surface area contributed by atoms with Crippen LogP contribution >= 0.6 is 11.3 Å². The minimum Gasteiger partial charge on any atom is -0.355 e. The highest BCUT2D eigenvalue weighted by Gasteiger charge is 2.29. The Morgan fingerprint density at radius 1 is 1.40 bits per heavy atom. The third kappa shape index (κ3) is 3.07.